The number of furan rings is 1. The molecule has 1 aliphatic rings. The topological polar surface area (TPSA) is 28.4 Å². The summed E-state index contributed by atoms with van der Waals surface area (Å²) in [7, 11) is 2.19. The Balaban J connectivity index is 1.84. The van der Waals surface area contributed by atoms with Crippen LogP contribution in [0.3, 0.4) is 0 Å². The molecule has 16 heavy (non-hydrogen) atoms. The van der Waals surface area contributed by atoms with Crippen LogP contribution in [0.15, 0.2) is 22.8 Å². The van der Waals surface area contributed by atoms with E-state index < -0.39 is 0 Å². The third-order valence-corrected chi connectivity index (χ3v) is 3.62. The molecule has 1 atom stereocenters. The number of hydrogen-bond acceptors (Lipinski definition) is 3. The zero-order chi connectivity index (χ0) is 11.4. The highest BCUT2D eigenvalue weighted by molar-refractivity contribution is 5.03. The number of nitrogens with zero attached hydrogens (tertiary/aromatic N) is 1. The highest BCUT2D eigenvalue weighted by Crippen LogP contribution is 2.22. The molecule has 0 radical (unpaired) electrons. The van der Waals surface area contributed by atoms with Gasteiger partial charge < -0.3 is 9.73 Å². The molecule has 1 saturated heterocycles. The first-order valence-electron chi connectivity index (χ1n) is 6.21. The summed E-state index contributed by atoms with van der Waals surface area (Å²) in [5.41, 5.74) is 0. The molecule has 0 spiro atoms. The van der Waals surface area contributed by atoms with Gasteiger partial charge in [-0.1, -0.05) is 0 Å². The van der Waals surface area contributed by atoms with Gasteiger partial charge in [0.2, 0.25) is 0 Å². The van der Waals surface area contributed by atoms with Gasteiger partial charge in [0.05, 0.1) is 12.3 Å². The quantitative estimate of drug-likeness (QED) is 0.847. The van der Waals surface area contributed by atoms with Crippen molar-refractivity contribution in [1.82, 2.24) is 10.2 Å². The Labute approximate surface area is 97.8 Å². The molecule has 3 nitrogen and oxygen atoms in total. The molecule has 0 bridgehead atoms. The maximum Gasteiger partial charge on any atom is 0.120 e. The van der Waals surface area contributed by atoms with Crippen molar-refractivity contribution in [2.45, 2.75) is 25.8 Å². The minimum absolute atomic E-state index is 0.380. The summed E-state index contributed by atoms with van der Waals surface area (Å²) in [5.74, 6) is 1.90. The van der Waals surface area contributed by atoms with Gasteiger partial charge in [-0.2, -0.15) is 0 Å². The summed E-state index contributed by atoms with van der Waals surface area (Å²) < 4.78 is 5.45. The fourth-order valence-electron chi connectivity index (χ4n) is 2.38. The Hall–Kier alpha value is -0.800. The van der Waals surface area contributed by atoms with Gasteiger partial charge in [-0.15, -0.1) is 0 Å². The zero-order valence-corrected chi connectivity index (χ0v) is 10.3. The van der Waals surface area contributed by atoms with Crippen molar-refractivity contribution in [3.63, 3.8) is 0 Å². The SMILES string of the molecule is C[C@@H](c1ccco1)N(C)CC1CCNCC1. The minimum atomic E-state index is 0.380. The highest BCUT2D eigenvalue weighted by atomic mass is 16.3. The lowest BCUT2D eigenvalue weighted by Gasteiger charge is -2.30. The third kappa shape index (κ3) is 2.86. The molecule has 3 heteroatoms. The number of rotatable bonds is 4. The minimum Gasteiger partial charge on any atom is -0.468 e. The van der Waals surface area contributed by atoms with Gasteiger partial charge in [-0.05, 0) is 58.0 Å². The standard InChI is InChI=1S/C13H22N2O/c1-11(13-4-3-9-16-13)15(2)10-12-5-7-14-8-6-12/h3-4,9,11-12,14H,5-8,10H2,1-2H3/t11-/m0/s1. The van der Waals surface area contributed by atoms with E-state index in [-0.39, 0.29) is 0 Å². The van der Waals surface area contributed by atoms with Gasteiger partial charge in [0.25, 0.3) is 0 Å². The normalized spacial score (nSPS) is 20.2. The van der Waals surface area contributed by atoms with Crippen LogP contribution >= 0.6 is 0 Å². The van der Waals surface area contributed by atoms with Crippen molar-refractivity contribution in [2.75, 3.05) is 26.7 Å². The van der Waals surface area contributed by atoms with E-state index in [9.17, 15) is 0 Å². The van der Waals surface area contributed by atoms with Gasteiger partial charge in [0.1, 0.15) is 5.76 Å². The Morgan fingerprint density at radius 1 is 1.50 bits per heavy atom. The van der Waals surface area contributed by atoms with Crippen molar-refractivity contribution in [3.8, 4) is 0 Å². The molecule has 1 N–H and O–H groups in total. The molecule has 2 heterocycles. The molecule has 2 rings (SSSR count). The number of piperidine rings is 1. The molecule has 0 amide bonds. The zero-order valence-electron chi connectivity index (χ0n) is 10.3. The maximum atomic E-state index is 5.45. The van der Waals surface area contributed by atoms with Crippen LogP contribution in [-0.2, 0) is 0 Å². The lowest BCUT2D eigenvalue weighted by Crippen LogP contribution is -2.35. The summed E-state index contributed by atoms with van der Waals surface area (Å²) in [4.78, 5) is 2.40. The number of hydrogen-bond donors (Lipinski definition) is 1. The molecule has 1 aliphatic heterocycles. The molecule has 1 aromatic rings. The fourth-order valence-corrected chi connectivity index (χ4v) is 2.38. The van der Waals surface area contributed by atoms with Gasteiger partial charge >= 0.3 is 0 Å². The van der Waals surface area contributed by atoms with Gasteiger partial charge in [-0.3, -0.25) is 4.90 Å². The van der Waals surface area contributed by atoms with E-state index >= 15 is 0 Å². The smallest absolute Gasteiger partial charge is 0.120 e. The second-order valence-corrected chi connectivity index (χ2v) is 4.82. The van der Waals surface area contributed by atoms with E-state index in [1.54, 1.807) is 6.26 Å². The van der Waals surface area contributed by atoms with Gasteiger partial charge in [0.15, 0.2) is 0 Å². The molecule has 90 valence electrons. The van der Waals surface area contributed by atoms with Crippen LogP contribution in [0.1, 0.15) is 31.6 Å². The van der Waals surface area contributed by atoms with E-state index in [0.29, 0.717) is 6.04 Å². The van der Waals surface area contributed by atoms with Crippen LogP contribution in [0.2, 0.25) is 0 Å². The summed E-state index contributed by atoms with van der Waals surface area (Å²) in [6.07, 6.45) is 4.36. The summed E-state index contributed by atoms with van der Waals surface area (Å²) in [5, 5.41) is 3.41. The third-order valence-electron chi connectivity index (χ3n) is 3.62. The van der Waals surface area contributed by atoms with Crippen molar-refractivity contribution in [1.29, 1.82) is 0 Å². The van der Waals surface area contributed by atoms with Crippen molar-refractivity contribution in [2.24, 2.45) is 5.92 Å². The first kappa shape index (κ1) is 11.7. The van der Waals surface area contributed by atoms with Crippen LogP contribution < -0.4 is 5.32 Å². The fraction of sp³-hybridized carbons (Fsp3) is 0.692. The van der Waals surface area contributed by atoms with E-state index in [2.05, 4.69) is 30.3 Å². The Morgan fingerprint density at radius 2 is 2.25 bits per heavy atom. The predicted octanol–water partition coefficient (Wildman–Crippen LogP) is 2.27. The van der Waals surface area contributed by atoms with Crippen LogP contribution in [0, 0.1) is 5.92 Å². The van der Waals surface area contributed by atoms with Crippen LogP contribution in [0.4, 0.5) is 0 Å². The highest BCUT2D eigenvalue weighted by Gasteiger charge is 2.19. The van der Waals surface area contributed by atoms with E-state index in [4.69, 9.17) is 4.42 Å². The van der Waals surface area contributed by atoms with Crippen LogP contribution in [0.5, 0.6) is 0 Å². The van der Waals surface area contributed by atoms with E-state index in [1.807, 2.05) is 6.07 Å². The lowest BCUT2D eigenvalue weighted by atomic mass is 9.97. The first-order valence-corrected chi connectivity index (χ1v) is 6.21. The average Bonchev–Trinajstić information content (AvgIpc) is 2.83. The summed E-state index contributed by atoms with van der Waals surface area (Å²) in [6.45, 7) is 5.73. The molecular formula is C13H22N2O. The van der Waals surface area contributed by atoms with Crippen molar-refractivity contribution >= 4 is 0 Å². The maximum absolute atomic E-state index is 5.45. The number of nitrogens with one attached hydrogen (secondary N) is 1. The molecule has 0 unspecified atom stereocenters. The Kier molecular flexibility index (Phi) is 4.02. The average molecular weight is 222 g/mol. The monoisotopic (exact) mass is 222 g/mol. The van der Waals surface area contributed by atoms with Gasteiger partial charge in [-0.25, -0.2) is 0 Å². The van der Waals surface area contributed by atoms with Crippen LogP contribution in [0.25, 0.3) is 0 Å². The molecule has 1 aromatic heterocycles. The molecule has 0 saturated carbocycles. The second-order valence-electron chi connectivity index (χ2n) is 4.82. The predicted molar refractivity (Wildman–Crippen MR) is 65.3 cm³/mol. The van der Waals surface area contributed by atoms with E-state index in [0.717, 1.165) is 11.7 Å². The van der Waals surface area contributed by atoms with Crippen molar-refractivity contribution in [3.05, 3.63) is 24.2 Å². The molecule has 0 aliphatic carbocycles. The van der Waals surface area contributed by atoms with E-state index in [1.165, 1.54) is 32.5 Å². The van der Waals surface area contributed by atoms with Gasteiger partial charge in [0, 0.05) is 6.54 Å². The lowest BCUT2D eigenvalue weighted by molar-refractivity contribution is 0.180. The first-order chi connectivity index (χ1) is 7.77. The largest absolute Gasteiger partial charge is 0.468 e. The van der Waals surface area contributed by atoms with Crippen LogP contribution in [-0.4, -0.2) is 31.6 Å². The second kappa shape index (κ2) is 5.51. The molecule has 1 fully saturated rings. The molecular weight excluding hydrogens is 200 g/mol. The summed E-state index contributed by atoms with van der Waals surface area (Å²) >= 11 is 0. The Morgan fingerprint density at radius 3 is 2.88 bits per heavy atom. The molecule has 0 aromatic carbocycles. The Bertz CT molecular complexity index is 291. The summed E-state index contributed by atoms with van der Waals surface area (Å²) in [6, 6.07) is 4.40. The van der Waals surface area contributed by atoms with Crippen molar-refractivity contribution < 1.29 is 4.42 Å².